The van der Waals surface area contributed by atoms with E-state index in [9.17, 15) is 4.79 Å². The summed E-state index contributed by atoms with van der Waals surface area (Å²) in [5.41, 5.74) is 4.12. The van der Waals surface area contributed by atoms with Crippen LogP contribution in [-0.2, 0) is 4.74 Å². The second-order valence-corrected chi connectivity index (χ2v) is 6.99. The van der Waals surface area contributed by atoms with Crippen molar-refractivity contribution in [3.63, 3.8) is 0 Å². The Morgan fingerprint density at radius 3 is 2.80 bits per heavy atom. The summed E-state index contributed by atoms with van der Waals surface area (Å²) in [5.74, 6) is 0.487. The van der Waals surface area contributed by atoms with Crippen LogP contribution in [0.1, 0.15) is 46.8 Å². The Bertz CT molecular complexity index is 828. The molecule has 0 fully saturated rings. The van der Waals surface area contributed by atoms with Crippen molar-refractivity contribution in [2.75, 3.05) is 11.9 Å². The normalized spacial score (nSPS) is 23.5. The summed E-state index contributed by atoms with van der Waals surface area (Å²) in [6.45, 7) is 2.21. The largest absolute Gasteiger partial charge is 0.462 e. The van der Waals surface area contributed by atoms with Crippen molar-refractivity contribution in [3.8, 4) is 0 Å². The molecule has 25 heavy (non-hydrogen) atoms. The third-order valence-corrected chi connectivity index (χ3v) is 5.36. The minimum Gasteiger partial charge on any atom is -0.462 e. The lowest BCUT2D eigenvalue weighted by atomic mass is 9.76. The number of carbonyl (C=O) groups is 1. The Morgan fingerprint density at radius 1 is 1.24 bits per heavy atom. The van der Waals surface area contributed by atoms with E-state index in [2.05, 4.69) is 29.6 Å². The van der Waals surface area contributed by atoms with Gasteiger partial charge < -0.3 is 10.1 Å². The Labute approximate surface area is 152 Å². The zero-order valence-electron chi connectivity index (χ0n) is 14.0. The maximum atomic E-state index is 12.1. The first-order chi connectivity index (χ1) is 12.2. The fourth-order valence-electron chi connectivity index (χ4n) is 3.94. The lowest BCUT2D eigenvalue weighted by Crippen LogP contribution is -2.29. The number of esters is 1. The number of halogens is 1. The Balaban J connectivity index is 1.71. The maximum Gasteiger partial charge on any atom is 0.338 e. The number of fused-ring (bicyclic) bond motifs is 3. The third kappa shape index (κ3) is 2.93. The van der Waals surface area contributed by atoms with Crippen LogP contribution >= 0.6 is 11.6 Å². The van der Waals surface area contributed by atoms with Crippen molar-refractivity contribution in [1.82, 2.24) is 0 Å². The van der Waals surface area contributed by atoms with E-state index in [1.54, 1.807) is 0 Å². The number of hydrogen-bond acceptors (Lipinski definition) is 3. The molecule has 0 amide bonds. The molecule has 1 heterocycles. The van der Waals surface area contributed by atoms with Crippen LogP contribution in [0.4, 0.5) is 5.69 Å². The summed E-state index contributed by atoms with van der Waals surface area (Å²) >= 11 is 6.04. The number of hydrogen-bond donors (Lipinski definition) is 1. The molecule has 2 aromatic carbocycles. The number of nitrogens with one attached hydrogen (secondary N) is 1. The Morgan fingerprint density at radius 2 is 2.04 bits per heavy atom. The van der Waals surface area contributed by atoms with E-state index in [-0.39, 0.29) is 12.0 Å². The molecule has 1 N–H and O–H groups in total. The summed E-state index contributed by atoms with van der Waals surface area (Å²) in [7, 11) is 0. The van der Waals surface area contributed by atoms with Gasteiger partial charge in [0.2, 0.25) is 0 Å². The van der Waals surface area contributed by atoms with Crippen LogP contribution in [-0.4, -0.2) is 12.6 Å². The van der Waals surface area contributed by atoms with Gasteiger partial charge in [-0.25, -0.2) is 4.79 Å². The predicted molar refractivity (Wildman–Crippen MR) is 100 cm³/mol. The van der Waals surface area contributed by atoms with Gasteiger partial charge in [-0.2, -0.15) is 0 Å². The van der Waals surface area contributed by atoms with Gasteiger partial charge >= 0.3 is 5.97 Å². The van der Waals surface area contributed by atoms with E-state index in [1.807, 2.05) is 37.3 Å². The number of allylic oxidation sites excluding steroid dienone is 2. The summed E-state index contributed by atoms with van der Waals surface area (Å²) < 4.78 is 5.14. The molecule has 1 aliphatic carbocycles. The Hall–Kier alpha value is -2.26. The average Bonchev–Trinajstić information content (AvgIpc) is 3.11. The molecule has 3 unspecified atom stereocenters. The van der Waals surface area contributed by atoms with Gasteiger partial charge in [0.05, 0.1) is 18.2 Å². The van der Waals surface area contributed by atoms with Crippen LogP contribution in [0.5, 0.6) is 0 Å². The van der Waals surface area contributed by atoms with Gasteiger partial charge in [-0.15, -0.1) is 0 Å². The van der Waals surface area contributed by atoms with Gasteiger partial charge in [0.15, 0.2) is 0 Å². The minimum atomic E-state index is -0.261. The number of carbonyl (C=O) groups excluding carboxylic acids is 1. The van der Waals surface area contributed by atoms with Crippen LogP contribution in [0.25, 0.3) is 0 Å². The zero-order chi connectivity index (χ0) is 17.4. The van der Waals surface area contributed by atoms with Crippen molar-refractivity contribution in [1.29, 1.82) is 0 Å². The molecule has 0 aromatic heterocycles. The minimum absolute atomic E-state index is 0.234. The van der Waals surface area contributed by atoms with E-state index in [4.69, 9.17) is 16.3 Å². The first-order valence-corrected chi connectivity index (χ1v) is 9.05. The van der Waals surface area contributed by atoms with Crippen LogP contribution in [0, 0.1) is 5.92 Å². The smallest absolute Gasteiger partial charge is 0.338 e. The van der Waals surface area contributed by atoms with Gasteiger partial charge in [0.1, 0.15) is 0 Å². The second kappa shape index (κ2) is 6.57. The van der Waals surface area contributed by atoms with Gasteiger partial charge in [0, 0.05) is 16.6 Å². The van der Waals surface area contributed by atoms with E-state index >= 15 is 0 Å². The van der Waals surface area contributed by atoms with Crippen LogP contribution in [0.15, 0.2) is 54.6 Å². The maximum absolute atomic E-state index is 12.1. The lowest BCUT2D eigenvalue weighted by Gasteiger charge is -2.37. The summed E-state index contributed by atoms with van der Waals surface area (Å²) in [6, 6.07) is 14.1. The van der Waals surface area contributed by atoms with E-state index in [0.717, 1.165) is 17.1 Å². The van der Waals surface area contributed by atoms with Gasteiger partial charge in [-0.05, 0) is 60.7 Å². The molecule has 4 heteroatoms. The van der Waals surface area contributed by atoms with Crippen molar-refractivity contribution in [2.24, 2.45) is 5.92 Å². The fraction of sp³-hybridized carbons (Fsp3) is 0.286. The summed E-state index contributed by atoms with van der Waals surface area (Å²) in [5, 5.41) is 4.42. The molecular formula is C21H20ClNO2. The van der Waals surface area contributed by atoms with Crippen LogP contribution in [0.3, 0.4) is 0 Å². The van der Waals surface area contributed by atoms with Gasteiger partial charge in [-0.1, -0.05) is 35.9 Å². The molecule has 0 spiro atoms. The van der Waals surface area contributed by atoms with Crippen molar-refractivity contribution >= 4 is 23.3 Å². The van der Waals surface area contributed by atoms with E-state index < -0.39 is 0 Å². The summed E-state index contributed by atoms with van der Waals surface area (Å²) in [6.07, 6.45) is 5.53. The summed E-state index contributed by atoms with van der Waals surface area (Å²) in [4.78, 5) is 12.1. The third-order valence-electron chi connectivity index (χ3n) is 5.10. The number of benzene rings is 2. The molecule has 2 aliphatic rings. The molecular weight excluding hydrogens is 334 g/mol. The number of anilines is 1. The molecule has 0 bridgehead atoms. The Kier molecular flexibility index (Phi) is 4.26. The number of ether oxygens (including phenoxy) is 1. The molecule has 2 aromatic rings. The highest BCUT2D eigenvalue weighted by molar-refractivity contribution is 6.30. The quantitative estimate of drug-likeness (QED) is 0.597. The topological polar surface area (TPSA) is 38.3 Å². The molecule has 1 aliphatic heterocycles. The average molecular weight is 354 g/mol. The number of rotatable bonds is 3. The lowest BCUT2D eigenvalue weighted by molar-refractivity contribution is 0.0526. The standard InChI is InChI=1S/C21H20ClNO2/c1-2-25-21(24)14-8-11-19-18(12-14)16-4-3-5-17(16)20(23-19)13-6-9-15(22)10-7-13/h3-4,6-12,16-17,20,23H,2,5H2,1H3. The van der Waals surface area contributed by atoms with Gasteiger partial charge in [0.25, 0.3) is 0 Å². The first kappa shape index (κ1) is 16.2. The van der Waals surface area contributed by atoms with E-state index in [0.29, 0.717) is 24.0 Å². The highest BCUT2D eigenvalue weighted by atomic mass is 35.5. The predicted octanol–water partition coefficient (Wildman–Crippen LogP) is 5.34. The zero-order valence-corrected chi connectivity index (χ0v) is 14.8. The first-order valence-electron chi connectivity index (χ1n) is 8.67. The van der Waals surface area contributed by atoms with Crippen molar-refractivity contribution < 1.29 is 9.53 Å². The molecule has 3 atom stereocenters. The molecule has 0 saturated carbocycles. The molecule has 3 nitrogen and oxygen atoms in total. The molecule has 128 valence electrons. The van der Waals surface area contributed by atoms with E-state index in [1.165, 1.54) is 11.1 Å². The van der Waals surface area contributed by atoms with Crippen LogP contribution in [0.2, 0.25) is 5.02 Å². The SMILES string of the molecule is CCOC(=O)c1ccc2c(c1)C1C=CCC1C(c1ccc(Cl)cc1)N2. The second-order valence-electron chi connectivity index (χ2n) is 6.55. The monoisotopic (exact) mass is 353 g/mol. The molecule has 0 saturated heterocycles. The van der Waals surface area contributed by atoms with Gasteiger partial charge in [-0.3, -0.25) is 0 Å². The van der Waals surface area contributed by atoms with Crippen molar-refractivity contribution in [3.05, 3.63) is 76.3 Å². The highest BCUT2D eigenvalue weighted by Gasteiger charge is 2.38. The fourth-order valence-corrected chi connectivity index (χ4v) is 4.06. The van der Waals surface area contributed by atoms with Crippen molar-refractivity contribution in [2.45, 2.75) is 25.3 Å². The van der Waals surface area contributed by atoms with Crippen LogP contribution < -0.4 is 5.32 Å². The molecule has 4 rings (SSSR count). The molecule has 0 radical (unpaired) electrons. The highest BCUT2D eigenvalue weighted by Crippen LogP contribution is 2.50.